The van der Waals surface area contributed by atoms with Crippen molar-refractivity contribution < 1.29 is 8.42 Å². The Morgan fingerprint density at radius 1 is 1.35 bits per heavy atom. The smallest absolute Gasteiger partial charge is 0.243 e. The molecule has 0 amide bonds. The van der Waals surface area contributed by atoms with Gasteiger partial charge in [0.1, 0.15) is 4.90 Å². The van der Waals surface area contributed by atoms with Gasteiger partial charge in [-0.3, -0.25) is 0 Å². The first-order chi connectivity index (χ1) is 7.84. The van der Waals surface area contributed by atoms with Gasteiger partial charge in [-0.1, -0.05) is 29.3 Å². The van der Waals surface area contributed by atoms with Gasteiger partial charge in [0.2, 0.25) is 10.0 Å². The molecule has 0 heterocycles. The van der Waals surface area contributed by atoms with Gasteiger partial charge in [0.05, 0.1) is 10.0 Å². The lowest BCUT2D eigenvalue weighted by Gasteiger charge is -2.10. The quantitative estimate of drug-likeness (QED) is 0.873. The van der Waals surface area contributed by atoms with Crippen LogP contribution >= 0.6 is 23.2 Å². The Balaban J connectivity index is 2.90. The fraction of sp³-hybridized carbons (Fsp3) is 0.400. The molecule has 0 aliphatic carbocycles. The zero-order valence-corrected chi connectivity index (χ0v) is 11.6. The minimum atomic E-state index is -3.69. The lowest BCUT2D eigenvalue weighted by atomic mass is 10.3. The third kappa shape index (κ3) is 4.12. The summed E-state index contributed by atoms with van der Waals surface area (Å²) in [5.74, 6) is 0. The van der Waals surface area contributed by atoms with Crippen LogP contribution < -0.4 is 10.5 Å². The predicted molar refractivity (Wildman–Crippen MR) is 69.9 cm³/mol. The summed E-state index contributed by atoms with van der Waals surface area (Å²) in [5, 5.41) is 0.205. The summed E-state index contributed by atoms with van der Waals surface area (Å²) >= 11 is 11.7. The number of sulfonamides is 1. The van der Waals surface area contributed by atoms with E-state index in [2.05, 4.69) is 4.72 Å². The van der Waals surface area contributed by atoms with E-state index in [0.717, 1.165) is 0 Å². The van der Waals surface area contributed by atoms with Crippen molar-refractivity contribution in [2.75, 3.05) is 6.54 Å². The lowest BCUT2D eigenvalue weighted by Crippen LogP contribution is -2.29. The maximum Gasteiger partial charge on any atom is 0.243 e. The van der Waals surface area contributed by atoms with E-state index in [1.54, 1.807) is 13.0 Å². The minimum absolute atomic E-state index is 0.0700. The maximum absolute atomic E-state index is 11.9. The van der Waals surface area contributed by atoms with Crippen LogP contribution in [0.5, 0.6) is 0 Å². The number of nitrogens with two attached hydrogens (primary N) is 1. The van der Waals surface area contributed by atoms with Gasteiger partial charge in [-0.15, -0.1) is 0 Å². The first kappa shape index (κ1) is 14.7. The molecular formula is C10H14Cl2N2O2S. The first-order valence-electron chi connectivity index (χ1n) is 5.04. The van der Waals surface area contributed by atoms with E-state index in [4.69, 9.17) is 28.9 Å². The molecule has 0 aromatic heterocycles. The standard InChI is InChI=1S/C10H14Cl2N2O2S/c1-7(13)5-6-14-17(15,16)10-8(11)3-2-4-9(10)12/h2-4,7,14H,5-6,13H2,1H3. The van der Waals surface area contributed by atoms with Crippen molar-refractivity contribution >= 4 is 33.2 Å². The molecule has 3 N–H and O–H groups in total. The molecule has 7 heteroatoms. The van der Waals surface area contributed by atoms with Crippen LogP contribution in [0.3, 0.4) is 0 Å². The van der Waals surface area contributed by atoms with Crippen molar-refractivity contribution in [3.05, 3.63) is 28.2 Å². The van der Waals surface area contributed by atoms with Gasteiger partial charge in [-0.05, 0) is 25.5 Å². The van der Waals surface area contributed by atoms with Gasteiger partial charge in [0.15, 0.2) is 0 Å². The van der Waals surface area contributed by atoms with Crippen LogP contribution in [0, 0.1) is 0 Å². The van der Waals surface area contributed by atoms with Gasteiger partial charge >= 0.3 is 0 Å². The summed E-state index contributed by atoms with van der Waals surface area (Å²) in [6.45, 7) is 2.05. The maximum atomic E-state index is 11.9. The van der Waals surface area contributed by atoms with Crippen LogP contribution in [-0.2, 0) is 10.0 Å². The summed E-state index contributed by atoms with van der Waals surface area (Å²) in [7, 11) is -3.69. The Labute approximate surface area is 111 Å². The number of hydrogen-bond donors (Lipinski definition) is 2. The second-order valence-corrected chi connectivity index (χ2v) is 6.23. The van der Waals surface area contributed by atoms with Crippen molar-refractivity contribution in [1.82, 2.24) is 4.72 Å². The van der Waals surface area contributed by atoms with E-state index in [-0.39, 0.29) is 27.5 Å². The molecule has 0 saturated carbocycles. The molecule has 0 aliphatic heterocycles. The highest BCUT2D eigenvalue weighted by Gasteiger charge is 2.20. The topological polar surface area (TPSA) is 72.2 Å². The zero-order chi connectivity index (χ0) is 13.1. The van der Waals surface area contributed by atoms with Gasteiger partial charge in [-0.2, -0.15) is 0 Å². The van der Waals surface area contributed by atoms with E-state index >= 15 is 0 Å². The highest BCUT2D eigenvalue weighted by atomic mass is 35.5. The summed E-state index contributed by atoms with van der Waals surface area (Å²) in [6, 6.07) is 4.48. The third-order valence-corrected chi connectivity index (χ3v) is 4.49. The van der Waals surface area contributed by atoms with Gasteiger partial charge < -0.3 is 5.73 Å². The summed E-state index contributed by atoms with van der Waals surface area (Å²) in [5.41, 5.74) is 5.53. The Kier molecular flexibility index (Phi) is 5.22. The predicted octanol–water partition coefficient (Wildman–Crippen LogP) is 2.01. The second-order valence-electron chi connectivity index (χ2n) is 3.71. The largest absolute Gasteiger partial charge is 0.328 e. The van der Waals surface area contributed by atoms with Gasteiger partial charge in [0, 0.05) is 12.6 Å². The van der Waals surface area contributed by atoms with Crippen LogP contribution in [-0.4, -0.2) is 21.0 Å². The highest BCUT2D eigenvalue weighted by molar-refractivity contribution is 7.89. The molecule has 1 aromatic rings. The molecule has 0 saturated heterocycles. The summed E-state index contributed by atoms with van der Waals surface area (Å²) in [6.07, 6.45) is 0.543. The summed E-state index contributed by atoms with van der Waals surface area (Å²) < 4.78 is 26.3. The van der Waals surface area contributed by atoms with Crippen LogP contribution in [0.4, 0.5) is 0 Å². The minimum Gasteiger partial charge on any atom is -0.328 e. The molecule has 0 radical (unpaired) electrons. The monoisotopic (exact) mass is 296 g/mol. The number of hydrogen-bond acceptors (Lipinski definition) is 3. The number of halogens is 2. The molecule has 96 valence electrons. The molecule has 4 nitrogen and oxygen atoms in total. The number of rotatable bonds is 5. The van der Waals surface area contributed by atoms with Crippen molar-refractivity contribution in [2.45, 2.75) is 24.3 Å². The van der Waals surface area contributed by atoms with E-state index in [1.165, 1.54) is 12.1 Å². The Morgan fingerprint density at radius 3 is 2.35 bits per heavy atom. The average Bonchev–Trinajstić information content (AvgIpc) is 2.15. The van der Waals surface area contributed by atoms with Gasteiger partial charge in [-0.25, -0.2) is 13.1 Å². The molecule has 1 rings (SSSR count). The molecule has 0 bridgehead atoms. The van der Waals surface area contributed by atoms with E-state index in [0.29, 0.717) is 6.42 Å². The number of nitrogens with one attached hydrogen (secondary N) is 1. The Bertz CT molecular complexity index is 469. The average molecular weight is 297 g/mol. The third-order valence-electron chi connectivity index (χ3n) is 2.08. The molecule has 1 aromatic carbocycles. The van der Waals surface area contributed by atoms with E-state index < -0.39 is 10.0 Å². The lowest BCUT2D eigenvalue weighted by molar-refractivity contribution is 0.572. The Morgan fingerprint density at radius 2 is 1.88 bits per heavy atom. The SMILES string of the molecule is CC(N)CCNS(=O)(=O)c1c(Cl)cccc1Cl. The second kappa shape index (κ2) is 6.02. The van der Waals surface area contributed by atoms with E-state index in [9.17, 15) is 8.42 Å². The van der Waals surface area contributed by atoms with Crippen LogP contribution in [0.15, 0.2) is 23.1 Å². The van der Waals surface area contributed by atoms with Crippen LogP contribution in [0.1, 0.15) is 13.3 Å². The molecule has 0 aliphatic rings. The Hall–Kier alpha value is -0.330. The van der Waals surface area contributed by atoms with Crippen molar-refractivity contribution in [3.63, 3.8) is 0 Å². The normalized spacial score (nSPS) is 13.6. The molecular weight excluding hydrogens is 283 g/mol. The van der Waals surface area contributed by atoms with Crippen molar-refractivity contribution in [3.8, 4) is 0 Å². The molecule has 0 spiro atoms. The summed E-state index contributed by atoms with van der Waals surface area (Å²) in [4.78, 5) is -0.0898. The van der Waals surface area contributed by atoms with E-state index in [1.807, 2.05) is 0 Å². The molecule has 1 atom stereocenters. The zero-order valence-electron chi connectivity index (χ0n) is 9.28. The number of benzene rings is 1. The van der Waals surface area contributed by atoms with Crippen LogP contribution in [0.25, 0.3) is 0 Å². The molecule has 17 heavy (non-hydrogen) atoms. The van der Waals surface area contributed by atoms with Crippen molar-refractivity contribution in [1.29, 1.82) is 0 Å². The fourth-order valence-corrected chi connectivity index (χ4v) is 3.42. The van der Waals surface area contributed by atoms with Crippen LogP contribution in [0.2, 0.25) is 10.0 Å². The van der Waals surface area contributed by atoms with Gasteiger partial charge in [0.25, 0.3) is 0 Å². The first-order valence-corrected chi connectivity index (χ1v) is 7.28. The molecule has 1 unspecified atom stereocenters. The van der Waals surface area contributed by atoms with Crippen molar-refractivity contribution in [2.24, 2.45) is 5.73 Å². The fourth-order valence-electron chi connectivity index (χ4n) is 1.23. The highest BCUT2D eigenvalue weighted by Crippen LogP contribution is 2.28. The molecule has 0 fully saturated rings.